The monoisotopic (exact) mass is 253 g/mol. The van der Waals surface area contributed by atoms with E-state index in [1.165, 1.54) is 0 Å². The molecule has 1 amide bonds. The van der Waals surface area contributed by atoms with E-state index in [1.807, 2.05) is 5.32 Å². The maximum atomic E-state index is 11.6. The van der Waals surface area contributed by atoms with E-state index in [9.17, 15) is 4.79 Å². The van der Waals surface area contributed by atoms with Gasteiger partial charge in [0.25, 0.3) is 5.91 Å². The van der Waals surface area contributed by atoms with Gasteiger partial charge in [0, 0.05) is 24.8 Å². The molecule has 0 fully saturated rings. The van der Waals surface area contributed by atoms with Gasteiger partial charge in [-0.25, -0.2) is 0 Å². The summed E-state index contributed by atoms with van der Waals surface area (Å²) < 4.78 is 10.4. The molecule has 0 spiro atoms. The van der Waals surface area contributed by atoms with Crippen molar-refractivity contribution >= 4 is 11.6 Å². The molecule has 0 atom stereocenters. The summed E-state index contributed by atoms with van der Waals surface area (Å²) in [5, 5.41) is 13.2. The van der Waals surface area contributed by atoms with Gasteiger partial charge in [-0.15, -0.1) is 0 Å². The first-order valence-corrected chi connectivity index (χ1v) is 5.91. The van der Waals surface area contributed by atoms with Gasteiger partial charge in [0.1, 0.15) is 0 Å². The van der Waals surface area contributed by atoms with Crippen molar-refractivity contribution in [3.05, 3.63) is 18.2 Å². The summed E-state index contributed by atoms with van der Waals surface area (Å²) in [4.78, 5) is 11.6. The van der Waals surface area contributed by atoms with Crippen LogP contribution < -0.4 is 20.1 Å². The Hall–Kier alpha value is -1.79. The Labute approximate surface area is 105 Å². The minimum atomic E-state index is -0.0770. The van der Waals surface area contributed by atoms with Crippen molar-refractivity contribution in [2.24, 2.45) is 0 Å². The van der Waals surface area contributed by atoms with E-state index in [4.69, 9.17) is 14.6 Å². The fourth-order valence-corrected chi connectivity index (χ4v) is 1.66. The highest BCUT2D eigenvalue weighted by Gasteiger charge is 2.14. The number of amides is 1. The Morgan fingerprint density at radius 1 is 1.39 bits per heavy atom. The molecule has 4 N–H and O–H groups in total. The molecule has 0 aromatic heterocycles. The zero-order chi connectivity index (χ0) is 12.8. The van der Waals surface area contributed by atoms with Crippen molar-refractivity contribution < 1.29 is 24.7 Å². The summed E-state index contributed by atoms with van der Waals surface area (Å²) >= 11 is 0. The molecule has 1 aromatic rings. The number of nitrogens with two attached hydrogens (primary N) is 1. The van der Waals surface area contributed by atoms with Crippen molar-refractivity contribution in [2.75, 3.05) is 31.8 Å². The van der Waals surface area contributed by atoms with Crippen LogP contribution in [0.4, 0.5) is 5.69 Å². The Morgan fingerprint density at radius 3 is 3.06 bits per heavy atom. The summed E-state index contributed by atoms with van der Waals surface area (Å²) in [7, 11) is 0. The lowest BCUT2D eigenvalue weighted by molar-refractivity contribution is -0.644. The van der Waals surface area contributed by atoms with Crippen molar-refractivity contribution in [3.63, 3.8) is 0 Å². The predicted molar refractivity (Wildman–Crippen MR) is 64.6 cm³/mol. The lowest BCUT2D eigenvalue weighted by Gasteiger charge is -2.05. The fraction of sp³-hybridized carbons (Fsp3) is 0.417. The van der Waals surface area contributed by atoms with E-state index in [1.54, 1.807) is 18.2 Å². The lowest BCUT2D eigenvalue weighted by atomic mass is 10.3. The van der Waals surface area contributed by atoms with Crippen LogP contribution in [-0.4, -0.2) is 37.5 Å². The molecular formula is C12H17N2O4+. The predicted octanol–water partition coefficient (Wildman–Crippen LogP) is -0.700. The number of aliphatic hydroxyl groups excluding tert-OH is 1. The summed E-state index contributed by atoms with van der Waals surface area (Å²) in [5.74, 6) is 1.27. The number of nitrogens with one attached hydrogen (secondary N) is 1. The number of benzene rings is 1. The van der Waals surface area contributed by atoms with Crippen LogP contribution >= 0.6 is 0 Å². The van der Waals surface area contributed by atoms with E-state index in [0.29, 0.717) is 30.2 Å². The Kier molecular flexibility index (Phi) is 4.38. The Balaban J connectivity index is 1.80. The number of hydrogen-bond donors (Lipinski definition) is 3. The van der Waals surface area contributed by atoms with Crippen LogP contribution in [-0.2, 0) is 4.79 Å². The lowest BCUT2D eigenvalue weighted by Crippen LogP contribution is -2.86. The molecule has 0 unspecified atom stereocenters. The number of hydrogen-bond acceptors (Lipinski definition) is 4. The third kappa shape index (κ3) is 3.35. The average Bonchev–Trinajstić information content (AvgIpc) is 2.82. The Morgan fingerprint density at radius 2 is 2.22 bits per heavy atom. The largest absolute Gasteiger partial charge is 0.454 e. The van der Waals surface area contributed by atoms with E-state index in [0.717, 1.165) is 6.54 Å². The fourth-order valence-electron chi connectivity index (χ4n) is 1.66. The highest BCUT2D eigenvalue weighted by atomic mass is 16.7. The summed E-state index contributed by atoms with van der Waals surface area (Å²) in [6, 6.07) is 5.29. The third-order valence-corrected chi connectivity index (χ3v) is 2.55. The summed E-state index contributed by atoms with van der Waals surface area (Å²) in [6.07, 6.45) is 0.692. The van der Waals surface area contributed by atoms with Crippen LogP contribution in [0.1, 0.15) is 6.42 Å². The molecule has 1 heterocycles. The highest BCUT2D eigenvalue weighted by Crippen LogP contribution is 2.34. The van der Waals surface area contributed by atoms with E-state index in [-0.39, 0.29) is 19.3 Å². The van der Waals surface area contributed by atoms with Crippen molar-refractivity contribution in [1.29, 1.82) is 0 Å². The number of anilines is 1. The van der Waals surface area contributed by atoms with Gasteiger partial charge >= 0.3 is 0 Å². The minimum absolute atomic E-state index is 0.0770. The van der Waals surface area contributed by atoms with Gasteiger partial charge in [0.05, 0.1) is 6.54 Å². The molecule has 0 bridgehead atoms. The molecule has 0 saturated carbocycles. The molecule has 0 aliphatic carbocycles. The second-order valence-corrected chi connectivity index (χ2v) is 3.97. The molecule has 1 aromatic carbocycles. The quantitative estimate of drug-likeness (QED) is 0.585. The van der Waals surface area contributed by atoms with Gasteiger partial charge in [-0.2, -0.15) is 0 Å². The van der Waals surface area contributed by atoms with Gasteiger partial charge in [0.2, 0.25) is 6.79 Å². The number of ether oxygens (including phenoxy) is 2. The third-order valence-electron chi connectivity index (χ3n) is 2.55. The van der Waals surface area contributed by atoms with E-state index in [2.05, 4.69) is 5.32 Å². The first-order valence-electron chi connectivity index (χ1n) is 5.91. The number of carbonyl (C=O) groups excluding carboxylic acids is 1. The number of carbonyl (C=O) groups is 1. The van der Waals surface area contributed by atoms with Gasteiger partial charge in [-0.05, 0) is 12.1 Å². The van der Waals surface area contributed by atoms with Crippen LogP contribution in [0.2, 0.25) is 0 Å². The molecule has 1 aliphatic rings. The standard InChI is InChI=1S/C12H16N2O4/c15-5-1-4-13-7-12(16)14-9-2-3-10-11(6-9)18-8-17-10/h2-3,6,13,15H,1,4-5,7-8H2,(H,14,16)/p+1. The summed E-state index contributed by atoms with van der Waals surface area (Å²) in [6.45, 7) is 1.46. The molecule has 0 saturated heterocycles. The molecule has 6 heteroatoms. The van der Waals surface area contributed by atoms with Crippen molar-refractivity contribution in [2.45, 2.75) is 6.42 Å². The minimum Gasteiger partial charge on any atom is -0.454 e. The van der Waals surface area contributed by atoms with Crippen LogP contribution in [0.5, 0.6) is 11.5 Å². The molecule has 0 radical (unpaired) electrons. The van der Waals surface area contributed by atoms with Crippen molar-refractivity contribution in [3.8, 4) is 11.5 Å². The number of aliphatic hydroxyl groups is 1. The van der Waals surface area contributed by atoms with Gasteiger partial charge in [-0.3, -0.25) is 4.79 Å². The molecule has 2 rings (SSSR count). The topological polar surface area (TPSA) is 84.4 Å². The first-order chi connectivity index (χ1) is 8.79. The second-order valence-electron chi connectivity index (χ2n) is 3.97. The van der Waals surface area contributed by atoms with Crippen molar-refractivity contribution in [1.82, 2.24) is 0 Å². The second kappa shape index (κ2) is 6.23. The molecule has 98 valence electrons. The van der Waals surface area contributed by atoms with Gasteiger partial charge in [0.15, 0.2) is 18.0 Å². The van der Waals surface area contributed by atoms with Gasteiger partial charge < -0.3 is 25.2 Å². The molecule has 18 heavy (non-hydrogen) atoms. The SMILES string of the molecule is O=C(C[NH2+]CCCO)Nc1ccc2c(c1)OCO2. The van der Waals surface area contributed by atoms with Gasteiger partial charge in [-0.1, -0.05) is 0 Å². The van der Waals surface area contributed by atoms with Crippen LogP contribution in [0.15, 0.2) is 18.2 Å². The van der Waals surface area contributed by atoms with Crippen LogP contribution in [0, 0.1) is 0 Å². The number of quaternary nitrogens is 1. The maximum Gasteiger partial charge on any atom is 0.279 e. The number of rotatable bonds is 6. The maximum absolute atomic E-state index is 11.6. The molecule has 1 aliphatic heterocycles. The van der Waals surface area contributed by atoms with E-state index < -0.39 is 0 Å². The first kappa shape index (κ1) is 12.7. The van der Waals surface area contributed by atoms with E-state index >= 15 is 0 Å². The van der Waals surface area contributed by atoms with Crippen LogP contribution in [0.25, 0.3) is 0 Å². The van der Waals surface area contributed by atoms with Crippen LogP contribution in [0.3, 0.4) is 0 Å². The zero-order valence-corrected chi connectivity index (χ0v) is 10.0. The zero-order valence-electron chi connectivity index (χ0n) is 10.0. The smallest absolute Gasteiger partial charge is 0.279 e. The number of fused-ring (bicyclic) bond motifs is 1. The molecule has 6 nitrogen and oxygen atoms in total. The Bertz CT molecular complexity index is 423. The molecular weight excluding hydrogens is 236 g/mol. The highest BCUT2D eigenvalue weighted by molar-refractivity contribution is 5.91. The average molecular weight is 253 g/mol. The normalized spacial score (nSPS) is 12.5. The summed E-state index contributed by atoms with van der Waals surface area (Å²) in [5.41, 5.74) is 0.694.